The van der Waals surface area contributed by atoms with Crippen LogP contribution in [0.1, 0.15) is 48.1 Å². The van der Waals surface area contributed by atoms with Crippen molar-refractivity contribution in [2.45, 2.75) is 40.0 Å². The van der Waals surface area contributed by atoms with E-state index in [1.807, 2.05) is 0 Å². The van der Waals surface area contributed by atoms with Gasteiger partial charge >= 0.3 is 0 Å². The summed E-state index contributed by atoms with van der Waals surface area (Å²) in [7, 11) is 0. The van der Waals surface area contributed by atoms with E-state index in [0.717, 1.165) is 35.2 Å². The van der Waals surface area contributed by atoms with E-state index in [0.29, 0.717) is 32.2 Å². The molecule has 0 saturated heterocycles. The van der Waals surface area contributed by atoms with Gasteiger partial charge in [-0.25, -0.2) is 4.98 Å². The molecule has 0 unspecified atom stereocenters. The number of hydrogen-bond donors (Lipinski definition) is 2. The van der Waals surface area contributed by atoms with Crippen molar-refractivity contribution in [1.82, 2.24) is 4.98 Å². The lowest BCUT2D eigenvalue weighted by Gasteiger charge is -2.34. The molecular weight excluding hydrogens is 425 g/mol. The third-order valence-corrected chi connectivity index (χ3v) is 7.65. The Morgan fingerprint density at radius 3 is 2.79 bits per heavy atom. The van der Waals surface area contributed by atoms with Gasteiger partial charge in [0, 0.05) is 11.1 Å². The second-order valence-corrected chi connectivity index (χ2v) is 10.4. The van der Waals surface area contributed by atoms with Crippen LogP contribution in [-0.4, -0.2) is 10.9 Å². The maximum absolute atomic E-state index is 12.9. The molecule has 4 nitrogen and oxygen atoms in total. The van der Waals surface area contributed by atoms with Crippen molar-refractivity contribution in [3.05, 3.63) is 50.4 Å². The number of aromatic nitrogens is 1. The Labute approximate surface area is 184 Å². The van der Waals surface area contributed by atoms with E-state index in [4.69, 9.17) is 33.9 Å². The molecule has 152 valence electrons. The molecule has 3 N–H and O–H groups in total. The number of nitrogen functional groups attached to an aromatic ring is 1. The molecule has 29 heavy (non-hydrogen) atoms. The Bertz CT molecular complexity index is 1120. The average molecular weight is 448 g/mol. The molecular formula is C22H23Cl2N3OS. The van der Waals surface area contributed by atoms with Gasteiger partial charge in [0.15, 0.2) is 0 Å². The SMILES string of the molecule is CC(C)(C)[C@H]1CCc2nc3sc(C(=O)Nc4cccc(Cl)c4Cl)c(N)c3cc2C1. The number of amides is 1. The number of carbonyl (C=O) groups is 1. The highest BCUT2D eigenvalue weighted by Crippen LogP contribution is 2.40. The van der Waals surface area contributed by atoms with Crippen molar-refractivity contribution >= 4 is 62.0 Å². The standard InChI is InChI=1S/C22H23Cl2N3OS/c1-22(2,3)12-7-8-15-11(9-12)10-13-18(25)19(29-21(13)27-15)20(28)26-16-6-4-5-14(23)17(16)24/h4-6,10,12H,7-9,25H2,1-3H3,(H,26,28)/t12-/m0/s1. The average Bonchev–Trinajstić information content (AvgIpc) is 2.98. The van der Waals surface area contributed by atoms with E-state index < -0.39 is 0 Å². The molecule has 1 amide bonds. The molecule has 3 aromatic rings. The molecule has 0 fully saturated rings. The topological polar surface area (TPSA) is 68.0 Å². The predicted molar refractivity (Wildman–Crippen MR) is 123 cm³/mol. The summed E-state index contributed by atoms with van der Waals surface area (Å²) < 4.78 is 0. The maximum atomic E-state index is 12.9. The number of nitrogens with two attached hydrogens (primary N) is 1. The van der Waals surface area contributed by atoms with Crippen molar-refractivity contribution in [1.29, 1.82) is 0 Å². The molecule has 0 saturated carbocycles. The van der Waals surface area contributed by atoms with Crippen LogP contribution in [0, 0.1) is 11.3 Å². The zero-order valence-corrected chi connectivity index (χ0v) is 18.9. The van der Waals surface area contributed by atoms with Gasteiger partial charge < -0.3 is 11.1 Å². The van der Waals surface area contributed by atoms with Gasteiger partial charge in [-0.1, -0.05) is 50.0 Å². The highest BCUT2D eigenvalue weighted by Gasteiger charge is 2.30. The predicted octanol–water partition coefficient (Wildman–Crippen LogP) is 6.59. The smallest absolute Gasteiger partial charge is 0.267 e. The molecule has 0 bridgehead atoms. The molecule has 1 atom stereocenters. The summed E-state index contributed by atoms with van der Waals surface area (Å²) in [6, 6.07) is 7.25. The lowest BCUT2D eigenvalue weighted by molar-refractivity contribution is 0.103. The van der Waals surface area contributed by atoms with Gasteiger partial charge in [0.2, 0.25) is 0 Å². The maximum Gasteiger partial charge on any atom is 0.267 e. The molecule has 4 rings (SSSR count). The minimum absolute atomic E-state index is 0.258. The molecule has 1 aliphatic carbocycles. The van der Waals surface area contributed by atoms with Gasteiger partial charge in [-0.3, -0.25) is 4.79 Å². The van der Waals surface area contributed by atoms with Gasteiger partial charge in [-0.15, -0.1) is 11.3 Å². The van der Waals surface area contributed by atoms with E-state index in [1.165, 1.54) is 16.9 Å². The monoisotopic (exact) mass is 447 g/mol. The molecule has 1 aliphatic rings. The molecule has 2 aromatic heterocycles. The van der Waals surface area contributed by atoms with Crippen LogP contribution < -0.4 is 11.1 Å². The first kappa shape index (κ1) is 20.5. The minimum atomic E-state index is -0.305. The summed E-state index contributed by atoms with van der Waals surface area (Å²) in [4.78, 5) is 19.0. The number of hydrogen-bond acceptors (Lipinski definition) is 4. The largest absolute Gasteiger partial charge is 0.397 e. The molecule has 0 aliphatic heterocycles. The Kier molecular flexibility index (Phi) is 5.26. The van der Waals surface area contributed by atoms with Crippen molar-refractivity contribution < 1.29 is 4.79 Å². The molecule has 7 heteroatoms. The number of anilines is 2. The number of nitrogens with one attached hydrogen (secondary N) is 1. The number of nitrogens with zero attached hydrogens (tertiary/aromatic N) is 1. The number of rotatable bonds is 2. The van der Waals surface area contributed by atoms with Crippen molar-refractivity contribution in [2.75, 3.05) is 11.1 Å². The molecule has 1 aromatic carbocycles. The van der Waals surface area contributed by atoms with Crippen LogP contribution in [0.4, 0.5) is 11.4 Å². The number of fused-ring (bicyclic) bond motifs is 2. The highest BCUT2D eigenvalue weighted by atomic mass is 35.5. The first-order chi connectivity index (χ1) is 13.6. The fraction of sp³-hybridized carbons (Fsp3) is 0.364. The summed E-state index contributed by atoms with van der Waals surface area (Å²) in [5, 5.41) is 4.36. The normalized spacial score (nSPS) is 16.7. The summed E-state index contributed by atoms with van der Waals surface area (Å²) >= 11 is 13.5. The zero-order valence-electron chi connectivity index (χ0n) is 16.6. The van der Waals surface area contributed by atoms with Gasteiger partial charge in [-0.05, 0) is 54.4 Å². The van der Waals surface area contributed by atoms with Crippen LogP contribution in [-0.2, 0) is 12.8 Å². The first-order valence-electron chi connectivity index (χ1n) is 9.61. The molecule has 0 radical (unpaired) electrons. The summed E-state index contributed by atoms with van der Waals surface area (Å²) in [5.41, 5.74) is 9.93. The van der Waals surface area contributed by atoms with Gasteiger partial charge in [0.05, 0.1) is 21.4 Å². The second kappa shape index (κ2) is 7.46. The number of halogens is 2. The Morgan fingerprint density at radius 2 is 2.07 bits per heavy atom. The van der Waals surface area contributed by atoms with Crippen LogP contribution in [0.5, 0.6) is 0 Å². The number of thiophene rings is 1. The highest BCUT2D eigenvalue weighted by molar-refractivity contribution is 7.21. The Morgan fingerprint density at radius 1 is 1.31 bits per heavy atom. The van der Waals surface area contributed by atoms with Crippen LogP contribution in [0.2, 0.25) is 10.0 Å². The van der Waals surface area contributed by atoms with E-state index in [-0.39, 0.29) is 11.3 Å². The fourth-order valence-corrected chi connectivity index (χ4v) is 5.22. The summed E-state index contributed by atoms with van der Waals surface area (Å²) in [6.45, 7) is 6.87. The third kappa shape index (κ3) is 3.83. The molecule has 0 spiro atoms. The quantitative estimate of drug-likeness (QED) is 0.465. The van der Waals surface area contributed by atoms with Crippen LogP contribution in [0.15, 0.2) is 24.3 Å². The Hall–Kier alpha value is -1.82. The first-order valence-corrected chi connectivity index (χ1v) is 11.2. The summed E-state index contributed by atoms with van der Waals surface area (Å²) in [6.07, 6.45) is 3.10. The van der Waals surface area contributed by atoms with Gasteiger partial charge in [-0.2, -0.15) is 0 Å². The van der Waals surface area contributed by atoms with Crippen molar-refractivity contribution in [3.8, 4) is 0 Å². The second-order valence-electron chi connectivity index (χ2n) is 8.65. The number of benzene rings is 1. The van der Waals surface area contributed by atoms with Crippen LogP contribution in [0.3, 0.4) is 0 Å². The fourth-order valence-electron chi connectivity index (χ4n) is 3.88. The van der Waals surface area contributed by atoms with E-state index in [1.54, 1.807) is 18.2 Å². The Balaban J connectivity index is 1.68. The van der Waals surface area contributed by atoms with Crippen molar-refractivity contribution in [3.63, 3.8) is 0 Å². The molecule has 2 heterocycles. The number of pyridine rings is 1. The summed E-state index contributed by atoms with van der Waals surface area (Å²) in [5.74, 6) is 0.307. The number of aryl methyl sites for hydroxylation is 1. The third-order valence-electron chi connectivity index (χ3n) is 5.72. The van der Waals surface area contributed by atoms with Gasteiger partial charge in [0.25, 0.3) is 5.91 Å². The lowest BCUT2D eigenvalue weighted by Crippen LogP contribution is -2.27. The lowest BCUT2D eigenvalue weighted by atomic mass is 9.71. The van der Waals surface area contributed by atoms with Crippen molar-refractivity contribution in [2.24, 2.45) is 11.3 Å². The van der Waals surface area contributed by atoms with Gasteiger partial charge in [0.1, 0.15) is 9.71 Å². The van der Waals surface area contributed by atoms with E-state index >= 15 is 0 Å². The van der Waals surface area contributed by atoms with E-state index in [2.05, 4.69) is 32.2 Å². The minimum Gasteiger partial charge on any atom is -0.397 e. The van der Waals surface area contributed by atoms with Crippen LogP contribution in [0.25, 0.3) is 10.2 Å². The van der Waals surface area contributed by atoms with E-state index in [9.17, 15) is 4.79 Å². The number of carbonyl (C=O) groups excluding carboxylic acids is 1. The van der Waals surface area contributed by atoms with Crippen LogP contribution >= 0.6 is 34.5 Å². The zero-order chi connectivity index (χ0) is 20.9.